The predicted molar refractivity (Wildman–Crippen MR) is 86.0 cm³/mol. The van der Waals surface area contributed by atoms with E-state index >= 15 is 0 Å². The summed E-state index contributed by atoms with van der Waals surface area (Å²) < 4.78 is 5.01. The van der Waals surface area contributed by atoms with Gasteiger partial charge in [0.2, 0.25) is 0 Å². The van der Waals surface area contributed by atoms with Crippen molar-refractivity contribution in [2.45, 2.75) is 13.3 Å². The summed E-state index contributed by atoms with van der Waals surface area (Å²) in [6.45, 7) is 5.66. The molecule has 1 amide bonds. The van der Waals surface area contributed by atoms with Crippen LogP contribution in [0.25, 0.3) is 0 Å². The number of nitrogens with zero attached hydrogens (tertiary/aromatic N) is 1. The lowest BCUT2D eigenvalue weighted by Gasteiger charge is -2.02. The van der Waals surface area contributed by atoms with Crippen molar-refractivity contribution in [3.8, 4) is 0 Å². The van der Waals surface area contributed by atoms with Crippen LogP contribution in [0.1, 0.15) is 23.0 Å². The van der Waals surface area contributed by atoms with Gasteiger partial charge in [0, 0.05) is 10.9 Å². The van der Waals surface area contributed by atoms with Crippen LogP contribution in [0.3, 0.4) is 0 Å². The van der Waals surface area contributed by atoms with Crippen LogP contribution in [0.2, 0.25) is 0 Å². The fraction of sp³-hybridized carbons (Fsp3) is 0.188. The van der Waals surface area contributed by atoms with Gasteiger partial charge in [-0.15, -0.1) is 11.3 Å². The summed E-state index contributed by atoms with van der Waals surface area (Å²) in [4.78, 5) is 27.8. The molecule has 0 saturated heterocycles. The molecule has 1 heterocycles. The lowest BCUT2D eigenvalue weighted by molar-refractivity contribution is -0.141. The van der Waals surface area contributed by atoms with Crippen LogP contribution in [0.5, 0.6) is 0 Å². The number of ether oxygens (including phenoxy) is 1. The number of rotatable bonds is 6. The maximum Gasteiger partial charge on any atom is 0.312 e. The molecule has 0 aliphatic heterocycles. The van der Waals surface area contributed by atoms with E-state index in [4.69, 9.17) is 4.74 Å². The van der Waals surface area contributed by atoms with Crippen LogP contribution < -0.4 is 5.32 Å². The molecule has 22 heavy (non-hydrogen) atoms. The number of hydrogen-bond donors (Lipinski definition) is 1. The Kier molecular flexibility index (Phi) is 5.43. The van der Waals surface area contributed by atoms with E-state index in [0.29, 0.717) is 16.4 Å². The minimum absolute atomic E-state index is 0.0744. The van der Waals surface area contributed by atoms with Crippen LogP contribution in [-0.4, -0.2) is 23.5 Å². The van der Waals surface area contributed by atoms with E-state index in [2.05, 4.69) is 16.9 Å². The molecule has 0 radical (unpaired) electrons. The second-order valence-electron chi connectivity index (χ2n) is 4.76. The highest BCUT2D eigenvalue weighted by molar-refractivity contribution is 7.14. The molecule has 5 nitrogen and oxygen atoms in total. The van der Waals surface area contributed by atoms with Crippen molar-refractivity contribution >= 4 is 28.3 Å². The lowest BCUT2D eigenvalue weighted by Crippen LogP contribution is -2.12. The minimum Gasteiger partial charge on any atom is -0.461 e. The highest BCUT2D eigenvalue weighted by Crippen LogP contribution is 2.17. The first-order chi connectivity index (χ1) is 10.5. The summed E-state index contributed by atoms with van der Waals surface area (Å²) in [6, 6.07) is 8.87. The molecule has 0 atom stereocenters. The third kappa shape index (κ3) is 4.82. The molecule has 1 aromatic heterocycles. The molecule has 1 N–H and O–H groups in total. The molecule has 0 aliphatic rings. The van der Waals surface area contributed by atoms with E-state index < -0.39 is 0 Å². The Morgan fingerprint density at radius 3 is 2.73 bits per heavy atom. The number of hydrogen-bond acceptors (Lipinski definition) is 5. The molecule has 0 fully saturated rings. The van der Waals surface area contributed by atoms with E-state index in [-0.39, 0.29) is 24.9 Å². The Labute approximate surface area is 132 Å². The number of anilines is 1. The van der Waals surface area contributed by atoms with Crippen LogP contribution in [0, 0.1) is 0 Å². The second-order valence-corrected chi connectivity index (χ2v) is 5.62. The van der Waals surface area contributed by atoms with Gasteiger partial charge < -0.3 is 4.74 Å². The van der Waals surface area contributed by atoms with Crippen LogP contribution in [0.4, 0.5) is 5.13 Å². The molecule has 2 aromatic rings. The van der Waals surface area contributed by atoms with Gasteiger partial charge in [0.25, 0.3) is 5.91 Å². The topological polar surface area (TPSA) is 68.3 Å². The quantitative estimate of drug-likeness (QED) is 0.657. The van der Waals surface area contributed by atoms with Gasteiger partial charge >= 0.3 is 5.97 Å². The molecular formula is C16H16N2O3S. The molecule has 0 saturated carbocycles. The zero-order valence-electron chi connectivity index (χ0n) is 12.2. The normalized spacial score (nSPS) is 10.0. The summed E-state index contributed by atoms with van der Waals surface area (Å²) >= 11 is 1.27. The zero-order chi connectivity index (χ0) is 15.9. The number of carbonyl (C=O) groups is 2. The summed E-state index contributed by atoms with van der Waals surface area (Å²) in [7, 11) is 0. The van der Waals surface area contributed by atoms with E-state index in [1.165, 1.54) is 11.3 Å². The fourth-order valence-corrected chi connectivity index (χ4v) is 2.31. The molecular weight excluding hydrogens is 300 g/mol. The van der Waals surface area contributed by atoms with Gasteiger partial charge in [-0.2, -0.15) is 0 Å². The van der Waals surface area contributed by atoms with Gasteiger partial charge in [0.05, 0.1) is 12.1 Å². The van der Waals surface area contributed by atoms with Crippen molar-refractivity contribution in [3.05, 3.63) is 59.1 Å². The van der Waals surface area contributed by atoms with Crippen molar-refractivity contribution < 1.29 is 14.3 Å². The Bertz CT molecular complexity index is 680. The van der Waals surface area contributed by atoms with Crippen LogP contribution >= 0.6 is 11.3 Å². The SMILES string of the molecule is C=C(C)COC(=O)Cc1csc(NC(=O)c2ccccc2)n1. The van der Waals surface area contributed by atoms with E-state index in [9.17, 15) is 9.59 Å². The number of nitrogens with one attached hydrogen (secondary N) is 1. The predicted octanol–water partition coefficient (Wildman–Crippen LogP) is 3.06. The molecule has 2 rings (SSSR count). The van der Waals surface area contributed by atoms with Gasteiger partial charge in [0.15, 0.2) is 5.13 Å². The standard InChI is InChI=1S/C16H16N2O3S/c1-11(2)9-21-14(19)8-13-10-22-16(17-13)18-15(20)12-6-4-3-5-7-12/h3-7,10H,1,8-9H2,2H3,(H,17,18,20). The maximum absolute atomic E-state index is 12.0. The lowest BCUT2D eigenvalue weighted by atomic mass is 10.2. The molecule has 1 aromatic carbocycles. The Balaban J connectivity index is 1.90. The van der Waals surface area contributed by atoms with Gasteiger partial charge in [-0.1, -0.05) is 24.8 Å². The molecule has 6 heteroatoms. The Morgan fingerprint density at radius 2 is 2.05 bits per heavy atom. The molecule has 0 bridgehead atoms. The number of benzene rings is 1. The average molecular weight is 316 g/mol. The van der Waals surface area contributed by atoms with Gasteiger partial charge in [-0.3, -0.25) is 14.9 Å². The van der Waals surface area contributed by atoms with Crippen molar-refractivity contribution in [3.63, 3.8) is 0 Å². The van der Waals surface area contributed by atoms with Crippen molar-refractivity contribution in [1.29, 1.82) is 0 Å². The van der Waals surface area contributed by atoms with Crippen molar-refractivity contribution in [1.82, 2.24) is 4.98 Å². The first-order valence-electron chi connectivity index (χ1n) is 6.65. The van der Waals surface area contributed by atoms with Crippen LogP contribution in [0.15, 0.2) is 47.9 Å². The third-order valence-electron chi connectivity index (χ3n) is 2.61. The van der Waals surface area contributed by atoms with Crippen molar-refractivity contribution in [2.75, 3.05) is 11.9 Å². The van der Waals surface area contributed by atoms with E-state index in [1.54, 1.807) is 36.6 Å². The number of amides is 1. The number of thiazole rings is 1. The highest BCUT2D eigenvalue weighted by atomic mass is 32.1. The second kappa shape index (κ2) is 7.51. The minimum atomic E-state index is -0.366. The number of carbonyl (C=O) groups excluding carboxylic acids is 2. The Hall–Kier alpha value is -2.47. The zero-order valence-corrected chi connectivity index (χ0v) is 13.0. The fourth-order valence-electron chi connectivity index (χ4n) is 1.61. The summed E-state index contributed by atoms with van der Waals surface area (Å²) in [5.41, 5.74) is 1.91. The number of esters is 1. The highest BCUT2D eigenvalue weighted by Gasteiger charge is 2.11. The van der Waals surface area contributed by atoms with E-state index in [0.717, 1.165) is 5.57 Å². The van der Waals surface area contributed by atoms with Crippen molar-refractivity contribution in [2.24, 2.45) is 0 Å². The van der Waals surface area contributed by atoms with Gasteiger partial charge in [-0.25, -0.2) is 4.98 Å². The first-order valence-corrected chi connectivity index (χ1v) is 7.53. The van der Waals surface area contributed by atoms with Crippen LogP contribution in [-0.2, 0) is 16.0 Å². The van der Waals surface area contributed by atoms with Gasteiger partial charge in [0.1, 0.15) is 6.61 Å². The molecule has 0 unspecified atom stereocenters. The summed E-state index contributed by atoms with van der Waals surface area (Å²) in [5.74, 6) is -0.597. The summed E-state index contributed by atoms with van der Waals surface area (Å²) in [5, 5.41) is 4.88. The first kappa shape index (κ1) is 15.9. The maximum atomic E-state index is 12.0. The monoisotopic (exact) mass is 316 g/mol. The van der Waals surface area contributed by atoms with Gasteiger partial charge in [-0.05, 0) is 24.6 Å². The number of aromatic nitrogens is 1. The largest absolute Gasteiger partial charge is 0.461 e. The smallest absolute Gasteiger partial charge is 0.312 e. The molecule has 0 aliphatic carbocycles. The summed E-state index contributed by atoms with van der Waals surface area (Å²) in [6.07, 6.45) is 0.0744. The molecule has 0 spiro atoms. The Morgan fingerprint density at radius 1 is 1.32 bits per heavy atom. The molecule has 114 valence electrons. The van der Waals surface area contributed by atoms with E-state index in [1.807, 2.05) is 6.07 Å². The average Bonchev–Trinajstić information content (AvgIpc) is 2.93. The third-order valence-corrected chi connectivity index (χ3v) is 3.42.